The van der Waals surface area contributed by atoms with Crippen LogP contribution in [-0.2, 0) is 9.59 Å². The SMILES string of the molecule is CC(Oc1ccc(Cl)cc1Cl)C(=O)NCCC(C)(C)C(=O)O. The molecule has 0 radical (unpaired) electrons. The van der Waals surface area contributed by atoms with E-state index in [1.165, 1.54) is 6.07 Å². The van der Waals surface area contributed by atoms with Crippen LogP contribution in [0.2, 0.25) is 10.0 Å². The molecule has 1 atom stereocenters. The molecule has 7 heteroatoms. The van der Waals surface area contributed by atoms with Gasteiger partial charge in [0.05, 0.1) is 10.4 Å². The van der Waals surface area contributed by atoms with Gasteiger partial charge in [-0.05, 0) is 45.4 Å². The molecule has 1 amide bonds. The summed E-state index contributed by atoms with van der Waals surface area (Å²) >= 11 is 11.8. The van der Waals surface area contributed by atoms with E-state index in [9.17, 15) is 9.59 Å². The van der Waals surface area contributed by atoms with E-state index in [1.807, 2.05) is 0 Å². The number of hydrogen-bond donors (Lipinski definition) is 2. The van der Waals surface area contributed by atoms with Crippen molar-refractivity contribution in [3.63, 3.8) is 0 Å². The number of carbonyl (C=O) groups is 2. The highest BCUT2D eigenvalue weighted by Crippen LogP contribution is 2.28. The molecule has 0 saturated heterocycles. The average molecular weight is 348 g/mol. The third-order valence-corrected chi connectivity index (χ3v) is 3.73. The number of aliphatic carboxylic acids is 1. The molecule has 122 valence electrons. The minimum absolute atomic E-state index is 0.250. The predicted octanol–water partition coefficient (Wildman–Crippen LogP) is 3.38. The van der Waals surface area contributed by atoms with E-state index in [0.29, 0.717) is 22.2 Å². The van der Waals surface area contributed by atoms with E-state index in [-0.39, 0.29) is 12.5 Å². The summed E-state index contributed by atoms with van der Waals surface area (Å²) in [6, 6.07) is 4.73. The predicted molar refractivity (Wildman–Crippen MR) is 85.6 cm³/mol. The number of benzene rings is 1. The van der Waals surface area contributed by atoms with Crippen LogP contribution in [0.15, 0.2) is 18.2 Å². The zero-order chi connectivity index (χ0) is 16.9. The fraction of sp³-hybridized carbons (Fsp3) is 0.467. The molecule has 1 rings (SSSR count). The van der Waals surface area contributed by atoms with Crippen molar-refractivity contribution in [2.75, 3.05) is 6.54 Å². The number of carbonyl (C=O) groups excluding carboxylic acids is 1. The van der Waals surface area contributed by atoms with Crippen molar-refractivity contribution in [3.8, 4) is 5.75 Å². The molecule has 0 aliphatic rings. The quantitative estimate of drug-likeness (QED) is 0.792. The summed E-state index contributed by atoms with van der Waals surface area (Å²) in [4.78, 5) is 22.9. The van der Waals surface area contributed by atoms with Gasteiger partial charge in [0.15, 0.2) is 6.10 Å². The molecule has 0 spiro atoms. The molecule has 1 aromatic rings. The Morgan fingerprint density at radius 1 is 1.36 bits per heavy atom. The van der Waals surface area contributed by atoms with Crippen LogP contribution in [0.3, 0.4) is 0 Å². The third-order valence-electron chi connectivity index (χ3n) is 3.20. The fourth-order valence-electron chi connectivity index (χ4n) is 1.56. The minimum Gasteiger partial charge on any atom is -0.481 e. The highest BCUT2D eigenvalue weighted by Gasteiger charge is 2.27. The summed E-state index contributed by atoms with van der Waals surface area (Å²) in [5.74, 6) is -0.884. The van der Waals surface area contributed by atoms with Crippen molar-refractivity contribution in [1.29, 1.82) is 0 Å². The maximum Gasteiger partial charge on any atom is 0.309 e. The van der Waals surface area contributed by atoms with Gasteiger partial charge in [-0.2, -0.15) is 0 Å². The Morgan fingerprint density at radius 3 is 2.55 bits per heavy atom. The first-order valence-electron chi connectivity index (χ1n) is 6.76. The van der Waals surface area contributed by atoms with Crippen LogP contribution >= 0.6 is 23.2 Å². The van der Waals surface area contributed by atoms with Crippen LogP contribution in [0.1, 0.15) is 27.2 Å². The molecule has 2 N–H and O–H groups in total. The molecule has 1 unspecified atom stereocenters. The zero-order valence-electron chi connectivity index (χ0n) is 12.7. The topological polar surface area (TPSA) is 75.6 Å². The van der Waals surface area contributed by atoms with Crippen LogP contribution in [0.4, 0.5) is 0 Å². The van der Waals surface area contributed by atoms with E-state index in [4.69, 9.17) is 33.0 Å². The fourth-order valence-corrected chi connectivity index (χ4v) is 2.02. The van der Waals surface area contributed by atoms with Gasteiger partial charge in [-0.25, -0.2) is 0 Å². The molecule has 0 heterocycles. The Kier molecular flexibility index (Phi) is 6.50. The van der Waals surface area contributed by atoms with E-state index >= 15 is 0 Å². The van der Waals surface area contributed by atoms with Crippen LogP contribution in [0.5, 0.6) is 5.75 Å². The van der Waals surface area contributed by atoms with Gasteiger partial charge in [0.25, 0.3) is 5.91 Å². The van der Waals surface area contributed by atoms with Gasteiger partial charge in [0.1, 0.15) is 5.75 Å². The molecule has 22 heavy (non-hydrogen) atoms. The van der Waals surface area contributed by atoms with E-state index in [0.717, 1.165) is 0 Å². The number of carboxylic acid groups (broad SMARTS) is 1. The standard InChI is InChI=1S/C15H19Cl2NO4/c1-9(22-12-5-4-10(16)8-11(12)17)13(19)18-7-6-15(2,3)14(20)21/h4-5,8-9H,6-7H2,1-3H3,(H,18,19)(H,20,21). The molecule has 0 aliphatic heterocycles. The van der Waals surface area contributed by atoms with Crippen molar-refractivity contribution in [1.82, 2.24) is 5.32 Å². The van der Waals surface area contributed by atoms with Gasteiger partial charge >= 0.3 is 5.97 Å². The lowest BCUT2D eigenvalue weighted by Gasteiger charge is -2.20. The Morgan fingerprint density at radius 2 is 2.00 bits per heavy atom. The van der Waals surface area contributed by atoms with Gasteiger partial charge in [-0.1, -0.05) is 23.2 Å². The minimum atomic E-state index is -0.904. The average Bonchev–Trinajstić information content (AvgIpc) is 2.41. The molecule has 0 saturated carbocycles. The van der Waals surface area contributed by atoms with Gasteiger partial charge in [-0.15, -0.1) is 0 Å². The smallest absolute Gasteiger partial charge is 0.309 e. The summed E-state index contributed by atoms with van der Waals surface area (Å²) in [7, 11) is 0. The number of hydrogen-bond acceptors (Lipinski definition) is 3. The second-order valence-corrected chi connectivity index (χ2v) is 6.41. The molecule has 0 aromatic heterocycles. The van der Waals surface area contributed by atoms with Crippen molar-refractivity contribution in [3.05, 3.63) is 28.2 Å². The summed E-state index contributed by atoms with van der Waals surface area (Å²) in [5.41, 5.74) is -0.892. The molecule has 1 aromatic carbocycles. The first-order chi connectivity index (χ1) is 10.1. The Labute approximate surface area is 139 Å². The molecule has 0 fully saturated rings. The van der Waals surface area contributed by atoms with Crippen molar-refractivity contribution in [2.24, 2.45) is 5.41 Å². The Bertz CT molecular complexity index is 560. The zero-order valence-corrected chi connectivity index (χ0v) is 14.2. The lowest BCUT2D eigenvalue weighted by molar-refractivity contribution is -0.147. The summed E-state index contributed by atoms with van der Waals surface area (Å²) in [6.45, 7) is 5.05. The molecular weight excluding hydrogens is 329 g/mol. The number of rotatable bonds is 7. The first-order valence-corrected chi connectivity index (χ1v) is 7.52. The lowest BCUT2D eigenvalue weighted by atomic mass is 9.90. The van der Waals surface area contributed by atoms with Crippen molar-refractivity contribution >= 4 is 35.1 Å². The maximum atomic E-state index is 11.9. The lowest BCUT2D eigenvalue weighted by Crippen LogP contribution is -2.39. The maximum absolute atomic E-state index is 11.9. The second kappa shape index (κ2) is 7.70. The van der Waals surface area contributed by atoms with Gasteiger partial charge in [0.2, 0.25) is 0 Å². The normalized spacial score (nSPS) is 12.6. The summed E-state index contributed by atoms with van der Waals surface area (Å²) < 4.78 is 5.47. The van der Waals surface area contributed by atoms with Crippen molar-refractivity contribution < 1.29 is 19.4 Å². The molecular formula is C15H19Cl2NO4. The van der Waals surface area contributed by atoms with Crippen molar-refractivity contribution in [2.45, 2.75) is 33.3 Å². The number of amides is 1. The van der Waals surface area contributed by atoms with Crippen LogP contribution in [0.25, 0.3) is 0 Å². The van der Waals surface area contributed by atoms with Crippen LogP contribution in [-0.4, -0.2) is 29.6 Å². The van der Waals surface area contributed by atoms with Gasteiger partial charge < -0.3 is 15.2 Å². The van der Waals surface area contributed by atoms with Crippen LogP contribution < -0.4 is 10.1 Å². The summed E-state index contributed by atoms with van der Waals surface area (Å²) in [6.07, 6.45) is -0.436. The number of nitrogens with one attached hydrogen (secondary N) is 1. The monoisotopic (exact) mass is 347 g/mol. The molecule has 5 nitrogen and oxygen atoms in total. The van der Waals surface area contributed by atoms with E-state index < -0.39 is 17.5 Å². The molecule has 0 bridgehead atoms. The number of carboxylic acids is 1. The van der Waals surface area contributed by atoms with Gasteiger partial charge in [0, 0.05) is 11.6 Å². The highest BCUT2D eigenvalue weighted by molar-refractivity contribution is 6.35. The van der Waals surface area contributed by atoms with E-state index in [1.54, 1.807) is 32.9 Å². The third kappa shape index (κ3) is 5.39. The van der Waals surface area contributed by atoms with E-state index in [2.05, 4.69) is 5.32 Å². The number of halogens is 2. The Hall–Kier alpha value is -1.46. The number of ether oxygens (including phenoxy) is 1. The highest BCUT2D eigenvalue weighted by atomic mass is 35.5. The van der Waals surface area contributed by atoms with Crippen LogP contribution in [0, 0.1) is 5.41 Å². The van der Waals surface area contributed by atoms with Gasteiger partial charge in [-0.3, -0.25) is 9.59 Å². The summed E-state index contributed by atoms with van der Waals surface area (Å²) in [5, 5.41) is 12.4. The largest absolute Gasteiger partial charge is 0.481 e. The first kappa shape index (κ1) is 18.6. The Balaban J connectivity index is 2.50. The molecule has 0 aliphatic carbocycles. The second-order valence-electron chi connectivity index (χ2n) is 5.56.